The van der Waals surface area contributed by atoms with Crippen molar-refractivity contribution in [1.29, 1.82) is 0 Å². The van der Waals surface area contributed by atoms with Crippen molar-refractivity contribution in [1.82, 2.24) is 10.2 Å². The molecule has 3 heteroatoms. The van der Waals surface area contributed by atoms with Gasteiger partial charge < -0.3 is 10.1 Å². The van der Waals surface area contributed by atoms with Crippen LogP contribution in [0.1, 0.15) is 31.9 Å². The molecule has 0 amide bonds. The number of morpholine rings is 1. The van der Waals surface area contributed by atoms with Crippen LogP contribution in [-0.2, 0) is 16.7 Å². The van der Waals surface area contributed by atoms with Gasteiger partial charge in [-0.25, -0.2) is 0 Å². The highest BCUT2D eigenvalue weighted by Gasteiger charge is 2.16. The van der Waals surface area contributed by atoms with Crippen molar-refractivity contribution in [2.24, 2.45) is 0 Å². The fraction of sp³-hybridized carbons (Fsp3) is 0.647. The molecular formula is C17H28N2O. The van der Waals surface area contributed by atoms with E-state index >= 15 is 0 Å². The van der Waals surface area contributed by atoms with E-state index in [2.05, 4.69) is 62.3 Å². The zero-order chi connectivity index (χ0) is 14.6. The number of likely N-dealkylation sites (N-methyl/N-ethyl adjacent to an activating group) is 1. The lowest BCUT2D eigenvalue weighted by Gasteiger charge is -2.28. The Hall–Kier alpha value is -0.900. The Morgan fingerprint density at radius 3 is 2.50 bits per heavy atom. The Balaban J connectivity index is 1.86. The predicted molar refractivity (Wildman–Crippen MR) is 84.1 cm³/mol. The summed E-state index contributed by atoms with van der Waals surface area (Å²) in [6.07, 6.45) is 0.322. The third-order valence-corrected chi connectivity index (χ3v) is 3.79. The van der Waals surface area contributed by atoms with E-state index in [9.17, 15) is 0 Å². The molecule has 1 unspecified atom stereocenters. The maximum absolute atomic E-state index is 5.75. The Morgan fingerprint density at radius 1 is 1.25 bits per heavy atom. The van der Waals surface area contributed by atoms with Crippen molar-refractivity contribution in [3.63, 3.8) is 0 Å². The van der Waals surface area contributed by atoms with Gasteiger partial charge in [-0.3, -0.25) is 4.90 Å². The van der Waals surface area contributed by atoms with Gasteiger partial charge in [-0.1, -0.05) is 45.0 Å². The minimum Gasteiger partial charge on any atom is -0.374 e. The summed E-state index contributed by atoms with van der Waals surface area (Å²) in [7, 11) is 2.16. The van der Waals surface area contributed by atoms with Gasteiger partial charge >= 0.3 is 0 Å². The highest BCUT2D eigenvalue weighted by molar-refractivity contribution is 5.27. The molecule has 0 aliphatic carbocycles. The van der Waals surface area contributed by atoms with Crippen molar-refractivity contribution in [2.45, 2.75) is 38.8 Å². The molecule has 1 aromatic carbocycles. The fourth-order valence-corrected chi connectivity index (χ4v) is 2.57. The van der Waals surface area contributed by atoms with Crippen LogP contribution in [0.4, 0.5) is 0 Å². The highest BCUT2D eigenvalue weighted by atomic mass is 16.5. The molecule has 1 aliphatic heterocycles. The zero-order valence-corrected chi connectivity index (χ0v) is 13.3. The van der Waals surface area contributed by atoms with Gasteiger partial charge in [0.2, 0.25) is 0 Å². The summed E-state index contributed by atoms with van der Waals surface area (Å²) in [6, 6.07) is 9.00. The fourth-order valence-electron chi connectivity index (χ4n) is 2.57. The lowest BCUT2D eigenvalue weighted by atomic mass is 9.87. The number of hydrogen-bond acceptors (Lipinski definition) is 3. The predicted octanol–water partition coefficient (Wildman–Crippen LogP) is 2.40. The normalized spacial score (nSPS) is 20.4. The number of benzene rings is 1. The summed E-state index contributed by atoms with van der Waals surface area (Å²) in [5, 5.41) is 3.38. The summed E-state index contributed by atoms with van der Waals surface area (Å²) < 4.78 is 5.75. The topological polar surface area (TPSA) is 24.5 Å². The Kier molecular flexibility index (Phi) is 5.19. The van der Waals surface area contributed by atoms with Gasteiger partial charge in [0.25, 0.3) is 0 Å². The first-order valence-corrected chi connectivity index (χ1v) is 7.55. The molecule has 1 aliphatic rings. The molecule has 1 atom stereocenters. The average molecular weight is 276 g/mol. The quantitative estimate of drug-likeness (QED) is 0.914. The number of nitrogens with zero attached hydrogens (tertiary/aromatic N) is 1. The summed E-state index contributed by atoms with van der Waals surface area (Å²) >= 11 is 0. The molecule has 1 heterocycles. The molecule has 3 nitrogen and oxygen atoms in total. The number of rotatable bonds is 4. The van der Waals surface area contributed by atoms with Crippen molar-refractivity contribution in [3.05, 3.63) is 35.4 Å². The molecule has 112 valence electrons. The Labute approximate surface area is 123 Å². The molecule has 0 bridgehead atoms. The van der Waals surface area contributed by atoms with Gasteiger partial charge in [-0.05, 0) is 23.6 Å². The lowest BCUT2D eigenvalue weighted by molar-refractivity contribution is 0.00885. The maximum Gasteiger partial charge on any atom is 0.0826 e. The van der Waals surface area contributed by atoms with Gasteiger partial charge in [0.1, 0.15) is 0 Å². The molecule has 1 fully saturated rings. The minimum atomic E-state index is 0.228. The van der Waals surface area contributed by atoms with E-state index in [-0.39, 0.29) is 5.41 Å². The van der Waals surface area contributed by atoms with Crippen LogP contribution in [0.15, 0.2) is 24.3 Å². The molecule has 0 saturated carbocycles. The van der Waals surface area contributed by atoms with E-state index in [0.717, 1.165) is 32.8 Å². The number of ether oxygens (including phenoxy) is 1. The maximum atomic E-state index is 5.75. The van der Waals surface area contributed by atoms with Crippen molar-refractivity contribution >= 4 is 0 Å². The molecule has 1 N–H and O–H groups in total. The minimum absolute atomic E-state index is 0.228. The number of nitrogens with one attached hydrogen (secondary N) is 1. The van der Waals surface area contributed by atoms with Crippen LogP contribution in [0, 0.1) is 0 Å². The standard InChI is InChI=1S/C17H28N2O/c1-17(2,3)15-7-5-14(6-8-15)12-19(4)13-16-11-18-9-10-20-16/h5-8,16,18H,9-13H2,1-4H3. The van der Waals surface area contributed by atoms with Crippen molar-refractivity contribution in [2.75, 3.05) is 33.3 Å². The van der Waals surface area contributed by atoms with Crippen LogP contribution < -0.4 is 5.32 Å². The second kappa shape index (κ2) is 6.70. The first-order chi connectivity index (χ1) is 9.45. The van der Waals surface area contributed by atoms with Crippen molar-refractivity contribution < 1.29 is 4.74 Å². The molecule has 1 aromatic rings. The smallest absolute Gasteiger partial charge is 0.0826 e. The van der Waals surface area contributed by atoms with E-state index in [4.69, 9.17) is 4.74 Å². The third-order valence-electron chi connectivity index (χ3n) is 3.79. The van der Waals surface area contributed by atoms with Crippen LogP contribution in [0.25, 0.3) is 0 Å². The van der Waals surface area contributed by atoms with Crippen LogP contribution in [0.5, 0.6) is 0 Å². The third kappa shape index (κ3) is 4.58. The lowest BCUT2D eigenvalue weighted by Crippen LogP contribution is -2.44. The molecule has 0 spiro atoms. The van der Waals surface area contributed by atoms with Gasteiger partial charge in [-0.15, -0.1) is 0 Å². The monoisotopic (exact) mass is 276 g/mol. The van der Waals surface area contributed by atoms with Gasteiger partial charge in [0.05, 0.1) is 12.7 Å². The molecular weight excluding hydrogens is 248 g/mol. The summed E-state index contributed by atoms with van der Waals surface area (Å²) in [4.78, 5) is 2.34. The average Bonchev–Trinajstić information content (AvgIpc) is 2.39. The van der Waals surface area contributed by atoms with Gasteiger partial charge in [0.15, 0.2) is 0 Å². The van der Waals surface area contributed by atoms with E-state index in [1.54, 1.807) is 0 Å². The summed E-state index contributed by atoms with van der Waals surface area (Å²) in [6.45, 7) is 11.5. The van der Waals surface area contributed by atoms with Crippen LogP contribution >= 0.6 is 0 Å². The second-order valence-corrected chi connectivity index (χ2v) is 6.84. The van der Waals surface area contributed by atoms with Crippen LogP contribution in [-0.4, -0.2) is 44.3 Å². The van der Waals surface area contributed by atoms with E-state index < -0.39 is 0 Å². The SMILES string of the molecule is CN(Cc1ccc(C(C)(C)C)cc1)CC1CNCCO1. The Bertz CT molecular complexity index is 402. The molecule has 2 rings (SSSR count). The highest BCUT2D eigenvalue weighted by Crippen LogP contribution is 2.22. The summed E-state index contributed by atoms with van der Waals surface area (Å²) in [5.41, 5.74) is 2.99. The van der Waals surface area contributed by atoms with Crippen LogP contribution in [0.2, 0.25) is 0 Å². The van der Waals surface area contributed by atoms with Gasteiger partial charge in [0, 0.05) is 26.2 Å². The van der Waals surface area contributed by atoms with E-state index in [1.165, 1.54) is 11.1 Å². The molecule has 20 heavy (non-hydrogen) atoms. The first kappa shape index (κ1) is 15.5. The van der Waals surface area contributed by atoms with Crippen molar-refractivity contribution in [3.8, 4) is 0 Å². The summed E-state index contributed by atoms with van der Waals surface area (Å²) in [5.74, 6) is 0. The van der Waals surface area contributed by atoms with E-state index in [0.29, 0.717) is 6.10 Å². The van der Waals surface area contributed by atoms with Crippen LogP contribution in [0.3, 0.4) is 0 Å². The second-order valence-electron chi connectivity index (χ2n) is 6.84. The first-order valence-electron chi connectivity index (χ1n) is 7.55. The largest absolute Gasteiger partial charge is 0.374 e. The molecule has 0 aromatic heterocycles. The number of hydrogen-bond donors (Lipinski definition) is 1. The van der Waals surface area contributed by atoms with Gasteiger partial charge in [-0.2, -0.15) is 0 Å². The van der Waals surface area contributed by atoms with E-state index in [1.807, 2.05) is 0 Å². The molecule has 0 radical (unpaired) electrons. The zero-order valence-electron chi connectivity index (χ0n) is 13.3. The molecule has 1 saturated heterocycles. The Morgan fingerprint density at radius 2 is 1.95 bits per heavy atom.